The van der Waals surface area contributed by atoms with Crippen molar-refractivity contribution < 1.29 is 14.7 Å². The van der Waals surface area contributed by atoms with Crippen LogP contribution >= 0.6 is 0 Å². The van der Waals surface area contributed by atoms with Gasteiger partial charge in [-0.2, -0.15) is 0 Å². The Morgan fingerprint density at radius 2 is 1.72 bits per heavy atom. The van der Waals surface area contributed by atoms with E-state index in [1.54, 1.807) is 0 Å². The molecule has 0 radical (unpaired) electrons. The van der Waals surface area contributed by atoms with Crippen LogP contribution in [0, 0.1) is 5.92 Å². The molecular weight excluding hydrogens is 404 g/mol. The summed E-state index contributed by atoms with van der Waals surface area (Å²) in [6, 6.07) is 11.9. The van der Waals surface area contributed by atoms with Crippen LogP contribution < -0.4 is 15.5 Å². The molecule has 1 aromatic carbocycles. The third-order valence-electron chi connectivity index (χ3n) is 6.45. The first-order valence-electron chi connectivity index (χ1n) is 11.6. The lowest BCUT2D eigenvalue weighted by Crippen LogP contribution is -2.47. The van der Waals surface area contributed by atoms with Crippen molar-refractivity contribution in [2.75, 3.05) is 23.3 Å². The first-order chi connectivity index (χ1) is 15.5. The largest absolute Gasteiger partial charge is 0.393 e. The quantitative estimate of drug-likeness (QED) is 0.668. The minimum atomic E-state index is -0.211. The van der Waals surface area contributed by atoms with Gasteiger partial charge in [0.15, 0.2) is 0 Å². The minimum absolute atomic E-state index is 0.0293. The third kappa shape index (κ3) is 5.65. The van der Waals surface area contributed by atoms with E-state index < -0.39 is 0 Å². The Hall–Kier alpha value is -2.93. The van der Waals surface area contributed by atoms with Crippen molar-refractivity contribution in [2.45, 2.75) is 57.6 Å². The van der Waals surface area contributed by atoms with Crippen LogP contribution in [0.5, 0.6) is 0 Å². The van der Waals surface area contributed by atoms with Gasteiger partial charge in [0, 0.05) is 43.5 Å². The Morgan fingerprint density at radius 3 is 2.38 bits per heavy atom. The van der Waals surface area contributed by atoms with Crippen LogP contribution in [0.15, 0.2) is 42.6 Å². The Morgan fingerprint density at radius 1 is 1.00 bits per heavy atom. The SMILES string of the molecule is CC(=O)Nc1ccc(-c2ccc(N3CCCC(C(=O)NC4CCC(O)CC4)C3)nc2)cc1. The summed E-state index contributed by atoms with van der Waals surface area (Å²) in [4.78, 5) is 30.8. The highest BCUT2D eigenvalue weighted by Crippen LogP contribution is 2.26. The second-order valence-electron chi connectivity index (χ2n) is 8.96. The molecule has 0 spiro atoms. The molecule has 2 amide bonds. The Labute approximate surface area is 189 Å². The fourth-order valence-electron chi connectivity index (χ4n) is 4.63. The number of anilines is 2. The van der Waals surface area contributed by atoms with Crippen LogP contribution in [0.2, 0.25) is 0 Å². The van der Waals surface area contributed by atoms with Gasteiger partial charge in [-0.25, -0.2) is 4.98 Å². The van der Waals surface area contributed by atoms with E-state index in [0.29, 0.717) is 6.54 Å². The van der Waals surface area contributed by atoms with Crippen molar-refractivity contribution in [1.29, 1.82) is 0 Å². The molecule has 7 nitrogen and oxygen atoms in total. The summed E-state index contributed by atoms with van der Waals surface area (Å²) in [5, 5.41) is 15.6. The summed E-state index contributed by atoms with van der Waals surface area (Å²) in [5.74, 6) is 0.905. The first-order valence-corrected chi connectivity index (χ1v) is 11.6. The molecule has 1 aliphatic carbocycles. The highest BCUT2D eigenvalue weighted by molar-refractivity contribution is 5.89. The van der Waals surface area contributed by atoms with Gasteiger partial charge in [-0.3, -0.25) is 9.59 Å². The zero-order chi connectivity index (χ0) is 22.5. The second-order valence-corrected chi connectivity index (χ2v) is 8.96. The van der Waals surface area contributed by atoms with Crippen LogP contribution in [0.3, 0.4) is 0 Å². The van der Waals surface area contributed by atoms with Crippen LogP contribution in [0.4, 0.5) is 11.5 Å². The van der Waals surface area contributed by atoms with Crippen molar-refractivity contribution in [2.24, 2.45) is 5.92 Å². The summed E-state index contributed by atoms with van der Waals surface area (Å²) >= 11 is 0. The number of benzene rings is 1. The number of aliphatic hydroxyl groups is 1. The van der Waals surface area contributed by atoms with Crippen LogP contribution in [-0.2, 0) is 9.59 Å². The molecule has 1 saturated carbocycles. The molecule has 1 unspecified atom stereocenters. The fourth-order valence-corrected chi connectivity index (χ4v) is 4.63. The van der Waals surface area contributed by atoms with Crippen molar-refractivity contribution >= 4 is 23.3 Å². The fraction of sp³-hybridized carbons (Fsp3) is 0.480. The van der Waals surface area contributed by atoms with Gasteiger partial charge in [0.2, 0.25) is 11.8 Å². The lowest BCUT2D eigenvalue weighted by Gasteiger charge is -2.34. The number of carbonyl (C=O) groups excluding carboxylic acids is 2. The highest BCUT2D eigenvalue weighted by Gasteiger charge is 2.29. The number of hydrogen-bond donors (Lipinski definition) is 3. The van der Waals surface area contributed by atoms with Gasteiger partial charge in [-0.1, -0.05) is 12.1 Å². The summed E-state index contributed by atoms with van der Waals surface area (Å²) in [6.07, 6.45) is 6.78. The highest BCUT2D eigenvalue weighted by atomic mass is 16.3. The topological polar surface area (TPSA) is 94.6 Å². The summed E-state index contributed by atoms with van der Waals surface area (Å²) in [7, 11) is 0. The van der Waals surface area contributed by atoms with E-state index in [2.05, 4.69) is 20.5 Å². The average Bonchev–Trinajstić information content (AvgIpc) is 2.81. The molecule has 2 heterocycles. The molecule has 1 atom stereocenters. The van der Waals surface area contributed by atoms with E-state index in [1.807, 2.05) is 42.6 Å². The van der Waals surface area contributed by atoms with Crippen LogP contribution in [-0.4, -0.2) is 47.1 Å². The van der Waals surface area contributed by atoms with Crippen molar-refractivity contribution in [3.8, 4) is 11.1 Å². The van der Waals surface area contributed by atoms with Crippen LogP contribution in [0.1, 0.15) is 45.4 Å². The van der Waals surface area contributed by atoms with Gasteiger partial charge < -0.3 is 20.6 Å². The normalized spacial score (nSPS) is 23.4. The number of hydrogen-bond acceptors (Lipinski definition) is 5. The smallest absolute Gasteiger partial charge is 0.225 e. The van der Waals surface area contributed by atoms with Crippen molar-refractivity contribution in [3.05, 3.63) is 42.6 Å². The number of amides is 2. The van der Waals surface area contributed by atoms with E-state index in [-0.39, 0.29) is 29.9 Å². The lowest BCUT2D eigenvalue weighted by atomic mass is 9.91. The maximum Gasteiger partial charge on any atom is 0.225 e. The third-order valence-corrected chi connectivity index (χ3v) is 6.45. The molecule has 7 heteroatoms. The first kappa shape index (κ1) is 22.3. The second kappa shape index (κ2) is 10.1. The molecular formula is C25H32N4O3. The number of piperidine rings is 1. The van der Waals surface area contributed by atoms with E-state index in [0.717, 1.165) is 67.7 Å². The Kier molecular flexibility index (Phi) is 7.05. The van der Waals surface area contributed by atoms with Gasteiger partial charge in [0.25, 0.3) is 0 Å². The van der Waals surface area contributed by atoms with E-state index >= 15 is 0 Å². The minimum Gasteiger partial charge on any atom is -0.393 e. The molecule has 3 N–H and O–H groups in total. The molecule has 32 heavy (non-hydrogen) atoms. The van der Waals surface area contributed by atoms with E-state index in [4.69, 9.17) is 0 Å². The van der Waals surface area contributed by atoms with Gasteiger partial charge >= 0.3 is 0 Å². The molecule has 1 aromatic heterocycles. The molecule has 2 aliphatic rings. The molecule has 2 aromatic rings. The maximum atomic E-state index is 12.8. The van der Waals surface area contributed by atoms with Gasteiger partial charge in [0.1, 0.15) is 5.82 Å². The Balaban J connectivity index is 1.35. The molecule has 1 aliphatic heterocycles. The number of rotatable bonds is 5. The summed E-state index contributed by atoms with van der Waals surface area (Å²) < 4.78 is 0. The van der Waals surface area contributed by atoms with E-state index in [1.165, 1.54) is 6.92 Å². The van der Waals surface area contributed by atoms with E-state index in [9.17, 15) is 14.7 Å². The molecule has 1 saturated heterocycles. The summed E-state index contributed by atoms with van der Waals surface area (Å²) in [5.41, 5.74) is 2.81. The number of aliphatic hydroxyl groups excluding tert-OH is 1. The van der Waals surface area contributed by atoms with Gasteiger partial charge in [-0.05, 0) is 68.4 Å². The predicted octanol–water partition coefficient (Wildman–Crippen LogP) is 3.34. The molecule has 170 valence electrons. The van der Waals surface area contributed by atoms with Gasteiger partial charge in [-0.15, -0.1) is 0 Å². The molecule has 2 fully saturated rings. The van der Waals surface area contributed by atoms with Crippen molar-refractivity contribution in [1.82, 2.24) is 10.3 Å². The lowest BCUT2D eigenvalue weighted by molar-refractivity contribution is -0.126. The van der Waals surface area contributed by atoms with Crippen LogP contribution in [0.25, 0.3) is 11.1 Å². The number of carbonyl (C=O) groups is 2. The number of nitrogens with zero attached hydrogens (tertiary/aromatic N) is 2. The zero-order valence-corrected chi connectivity index (χ0v) is 18.6. The van der Waals surface area contributed by atoms with Gasteiger partial charge in [0.05, 0.1) is 12.0 Å². The maximum absolute atomic E-state index is 12.8. The predicted molar refractivity (Wildman–Crippen MR) is 125 cm³/mol. The Bertz CT molecular complexity index is 921. The number of pyridine rings is 1. The summed E-state index contributed by atoms with van der Waals surface area (Å²) in [6.45, 7) is 3.07. The number of nitrogens with one attached hydrogen (secondary N) is 2. The average molecular weight is 437 g/mol. The molecule has 0 bridgehead atoms. The standard InChI is InChI=1S/C25H32N4O3/c1-17(30)27-21-7-4-18(5-8-21)19-6-13-24(26-15-19)29-14-2-3-20(16-29)25(32)28-22-9-11-23(31)12-10-22/h4-8,13,15,20,22-23,31H,2-3,9-12,14,16H2,1H3,(H,27,30)(H,28,32). The monoisotopic (exact) mass is 436 g/mol. The zero-order valence-electron chi connectivity index (χ0n) is 18.6. The van der Waals surface area contributed by atoms with Crippen molar-refractivity contribution in [3.63, 3.8) is 0 Å². The number of aromatic nitrogens is 1. The molecule has 4 rings (SSSR count).